The van der Waals surface area contributed by atoms with Crippen molar-refractivity contribution in [2.24, 2.45) is 0 Å². The highest BCUT2D eigenvalue weighted by Crippen LogP contribution is 2.18. The molecule has 0 radical (unpaired) electrons. The predicted octanol–water partition coefficient (Wildman–Crippen LogP) is 2.33. The first kappa shape index (κ1) is 18.5. The number of nitrogens with zero attached hydrogens (tertiary/aromatic N) is 2. The van der Waals surface area contributed by atoms with Crippen LogP contribution in [0.25, 0.3) is 0 Å². The van der Waals surface area contributed by atoms with E-state index in [1.54, 1.807) is 12.1 Å². The van der Waals surface area contributed by atoms with E-state index >= 15 is 0 Å². The number of rotatable bonds is 6. The van der Waals surface area contributed by atoms with Crippen molar-refractivity contribution in [1.82, 2.24) is 4.90 Å². The molecule has 0 bridgehead atoms. The highest BCUT2D eigenvalue weighted by atomic mass is 32.2. The highest BCUT2D eigenvalue weighted by molar-refractivity contribution is 7.72. The van der Waals surface area contributed by atoms with Gasteiger partial charge in [-0.05, 0) is 42.7 Å². The van der Waals surface area contributed by atoms with Crippen LogP contribution < -0.4 is 4.90 Å². The van der Waals surface area contributed by atoms with Crippen LogP contribution in [0.5, 0.6) is 0 Å². The third-order valence-electron chi connectivity index (χ3n) is 4.76. The maximum atomic E-state index is 12.4. The Bertz CT molecular complexity index is 788. The summed E-state index contributed by atoms with van der Waals surface area (Å²) in [6.45, 7) is 2.96. The van der Waals surface area contributed by atoms with E-state index in [1.807, 2.05) is 35.2 Å². The van der Waals surface area contributed by atoms with Crippen molar-refractivity contribution < 1.29 is 13.2 Å². The van der Waals surface area contributed by atoms with Gasteiger partial charge in [-0.15, -0.1) is 0 Å². The van der Waals surface area contributed by atoms with Crippen LogP contribution in [-0.2, 0) is 21.9 Å². The van der Waals surface area contributed by atoms with Gasteiger partial charge in [0.05, 0.1) is 4.90 Å². The molecule has 0 spiro atoms. The zero-order valence-electron chi connectivity index (χ0n) is 14.7. The van der Waals surface area contributed by atoms with E-state index in [4.69, 9.17) is 0 Å². The number of amides is 1. The van der Waals surface area contributed by atoms with Gasteiger partial charge in [0.2, 0.25) is 5.91 Å². The first-order chi connectivity index (χ1) is 12.6. The lowest BCUT2D eigenvalue weighted by atomic mass is 10.1. The fraction of sp³-hybridized carbons (Fsp3) is 0.350. The van der Waals surface area contributed by atoms with Gasteiger partial charge in [-0.25, -0.2) is 8.42 Å². The van der Waals surface area contributed by atoms with E-state index in [-0.39, 0.29) is 5.91 Å². The molecule has 2 aromatic rings. The Balaban J connectivity index is 1.44. The van der Waals surface area contributed by atoms with Crippen LogP contribution in [0.2, 0.25) is 0 Å². The number of thiol groups is 1. The van der Waals surface area contributed by atoms with Crippen LogP contribution in [0, 0.1) is 0 Å². The SMILES string of the molecule is O=C(CCCc1ccccc1)N1CCN(c2ccc([SH](=O)=O)cc2)CC1. The fourth-order valence-corrected chi connectivity index (χ4v) is 3.64. The van der Waals surface area contributed by atoms with Crippen LogP contribution in [-0.4, -0.2) is 45.4 Å². The van der Waals surface area contributed by atoms with Gasteiger partial charge in [-0.3, -0.25) is 4.79 Å². The van der Waals surface area contributed by atoms with Gasteiger partial charge in [0.25, 0.3) is 0 Å². The summed E-state index contributed by atoms with van der Waals surface area (Å²) in [6, 6.07) is 17.2. The maximum Gasteiger partial charge on any atom is 0.222 e. The summed E-state index contributed by atoms with van der Waals surface area (Å²) in [6.07, 6.45) is 2.39. The Morgan fingerprint density at radius 2 is 1.54 bits per heavy atom. The summed E-state index contributed by atoms with van der Waals surface area (Å²) < 4.78 is 21.9. The lowest BCUT2D eigenvalue weighted by Crippen LogP contribution is -2.48. The molecular formula is C20H24N2O3S. The summed E-state index contributed by atoms with van der Waals surface area (Å²) in [5, 5.41) is 0. The van der Waals surface area contributed by atoms with E-state index in [1.165, 1.54) is 5.56 Å². The van der Waals surface area contributed by atoms with Crippen molar-refractivity contribution in [2.75, 3.05) is 31.1 Å². The number of hydrogen-bond donors (Lipinski definition) is 1. The zero-order valence-corrected chi connectivity index (χ0v) is 15.6. The topological polar surface area (TPSA) is 57.7 Å². The molecule has 1 amide bonds. The number of benzene rings is 2. The first-order valence-electron chi connectivity index (χ1n) is 8.94. The molecule has 0 unspecified atom stereocenters. The average Bonchev–Trinajstić information content (AvgIpc) is 2.69. The van der Waals surface area contributed by atoms with Crippen LogP contribution >= 0.6 is 0 Å². The van der Waals surface area contributed by atoms with Crippen LogP contribution in [0.15, 0.2) is 59.5 Å². The standard InChI is InChI=1S/C20H24N2O3S/c23-20(8-4-7-17-5-2-1-3-6-17)22-15-13-21(14-16-22)18-9-11-19(12-10-18)26(24)25/h1-3,5-6,9-12,26H,4,7-8,13-16H2. The lowest BCUT2D eigenvalue weighted by Gasteiger charge is -2.36. The number of aryl methyl sites for hydroxylation is 1. The Labute approximate surface area is 156 Å². The Hall–Kier alpha value is -2.34. The Morgan fingerprint density at radius 1 is 0.885 bits per heavy atom. The molecule has 1 aliphatic rings. The second kappa shape index (κ2) is 8.85. The molecule has 0 aliphatic carbocycles. The van der Waals surface area contributed by atoms with Crippen molar-refractivity contribution >= 4 is 22.3 Å². The molecule has 0 N–H and O–H groups in total. The largest absolute Gasteiger partial charge is 0.368 e. The van der Waals surface area contributed by atoms with Gasteiger partial charge in [-0.1, -0.05) is 30.3 Å². The molecule has 2 aromatic carbocycles. The minimum absolute atomic E-state index is 0.222. The van der Waals surface area contributed by atoms with E-state index < -0.39 is 10.7 Å². The molecule has 5 nitrogen and oxygen atoms in total. The molecule has 1 heterocycles. The number of hydrogen-bond acceptors (Lipinski definition) is 4. The summed E-state index contributed by atoms with van der Waals surface area (Å²) in [4.78, 5) is 16.8. The predicted molar refractivity (Wildman–Crippen MR) is 103 cm³/mol. The molecule has 1 saturated heterocycles. The third-order valence-corrected chi connectivity index (χ3v) is 5.48. The average molecular weight is 372 g/mol. The summed E-state index contributed by atoms with van der Waals surface area (Å²) in [5.74, 6) is 0.222. The van der Waals surface area contributed by atoms with Gasteiger partial charge < -0.3 is 9.80 Å². The minimum Gasteiger partial charge on any atom is -0.368 e. The number of anilines is 1. The molecule has 26 heavy (non-hydrogen) atoms. The highest BCUT2D eigenvalue weighted by Gasteiger charge is 2.20. The summed E-state index contributed by atoms with van der Waals surface area (Å²) in [7, 11) is -2.54. The van der Waals surface area contributed by atoms with Crippen molar-refractivity contribution in [3.63, 3.8) is 0 Å². The number of carbonyl (C=O) groups is 1. The quantitative estimate of drug-likeness (QED) is 0.791. The van der Waals surface area contributed by atoms with Crippen LogP contribution in [0.3, 0.4) is 0 Å². The van der Waals surface area contributed by atoms with E-state index in [0.717, 1.165) is 31.6 Å². The van der Waals surface area contributed by atoms with Gasteiger partial charge in [-0.2, -0.15) is 0 Å². The molecule has 1 fully saturated rings. The molecular weight excluding hydrogens is 348 g/mol. The third kappa shape index (κ3) is 4.85. The molecule has 6 heteroatoms. The van der Waals surface area contributed by atoms with Crippen molar-refractivity contribution in [3.05, 3.63) is 60.2 Å². The Kier molecular flexibility index (Phi) is 6.28. The second-order valence-electron chi connectivity index (χ2n) is 6.48. The first-order valence-corrected chi connectivity index (χ1v) is 10.1. The molecule has 0 saturated carbocycles. The van der Waals surface area contributed by atoms with Crippen molar-refractivity contribution in [1.29, 1.82) is 0 Å². The zero-order chi connectivity index (χ0) is 18.4. The minimum atomic E-state index is -2.54. The van der Waals surface area contributed by atoms with Gasteiger partial charge in [0.1, 0.15) is 0 Å². The fourth-order valence-electron chi connectivity index (χ4n) is 3.25. The lowest BCUT2D eigenvalue weighted by molar-refractivity contribution is -0.131. The van der Waals surface area contributed by atoms with E-state index in [9.17, 15) is 13.2 Å². The van der Waals surface area contributed by atoms with Crippen LogP contribution in [0.1, 0.15) is 18.4 Å². The molecule has 138 valence electrons. The molecule has 3 rings (SSSR count). The van der Waals surface area contributed by atoms with Crippen molar-refractivity contribution in [2.45, 2.75) is 24.2 Å². The normalized spacial score (nSPS) is 14.7. The maximum absolute atomic E-state index is 12.4. The van der Waals surface area contributed by atoms with Gasteiger partial charge in [0, 0.05) is 38.3 Å². The monoisotopic (exact) mass is 372 g/mol. The summed E-state index contributed by atoms with van der Waals surface area (Å²) >= 11 is 0. The molecule has 1 aliphatic heterocycles. The van der Waals surface area contributed by atoms with Crippen LogP contribution in [0.4, 0.5) is 5.69 Å². The number of carbonyl (C=O) groups excluding carboxylic acids is 1. The van der Waals surface area contributed by atoms with Gasteiger partial charge >= 0.3 is 0 Å². The smallest absolute Gasteiger partial charge is 0.222 e. The van der Waals surface area contributed by atoms with Gasteiger partial charge in [0.15, 0.2) is 10.7 Å². The van der Waals surface area contributed by atoms with Crippen molar-refractivity contribution in [3.8, 4) is 0 Å². The molecule has 0 aromatic heterocycles. The molecule has 0 atom stereocenters. The summed E-state index contributed by atoms with van der Waals surface area (Å²) in [5.41, 5.74) is 2.27. The number of piperazine rings is 1. The van der Waals surface area contributed by atoms with E-state index in [0.29, 0.717) is 24.4 Å². The van der Waals surface area contributed by atoms with E-state index in [2.05, 4.69) is 17.0 Å². The second-order valence-corrected chi connectivity index (χ2v) is 7.51. The Morgan fingerprint density at radius 3 is 2.15 bits per heavy atom.